The van der Waals surface area contributed by atoms with Crippen LogP contribution in [0.4, 0.5) is 17.2 Å². The van der Waals surface area contributed by atoms with Crippen LogP contribution in [0.1, 0.15) is 19.3 Å². The van der Waals surface area contributed by atoms with Gasteiger partial charge in [0.15, 0.2) is 0 Å². The van der Waals surface area contributed by atoms with Crippen LogP contribution < -0.4 is 9.80 Å². The summed E-state index contributed by atoms with van der Waals surface area (Å²) in [7, 11) is 0. The van der Waals surface area contributed by atoms with Crippen molar-refractivity contribution >= 4 is 39.0 Å². The van der Waals surface area contributed by atoms with E-state index in [2.05, 4.69) is 25.8 Å². The van der Waals surface area contributed by atoms with E-state index >= 15 is 0 Å². The van der Waals surface area contributed by atoms with Crippen LogP contribution in [0.5, 0.6) is 0 Å². The normalized spacial score (nSPS) is 17.8. The Labute approximate surface area is 190 Å². The summed E-state index contributed by atoms with van der Waals surface area (Å²) < 4.78 is 0.931. The number of carbonyl (C=O) groups is 1. The molecule has 2 saturated heterocycles. The van der Waals surface area contributed by atoms with Crippen LogP contribution in [0.15, 0.2) is 47.1 Å². The monoisotopic (exact) mass is 487 g/mol. The number of halogens is 1. The Balaban J connectivity index is 1.21. The highest BCUT2D eigenvalue weighted by Gasteiger charge is 2.26. The molecule has 164 valence electrons. The molecule has 31 heavy (non-hydrogen) atoms. The Morgan fingerprint density at radius 3 is 2.39 bits per heavy atom. The first-order valence-electron chi connectivity index (χ1n) is 10.6. The van der Waals surface area contributed by atoms with Crippen LogP contribution in [0.2, 0.25) is 0 Å². The van der Waals surface area contributed by atoms with Crippen molar-refractivity contribution < 1.29 is 9.72 Å². The molecule has 0 aliphatic carbocycles. The molecule has 1 amide bonds. The van der Waals surface area contributed by atoms with E-state index < -0.39 is 0 Å². The first-order chi connectivity index (χ1) is 15.0. The smallest absolute Gasteiger partial charge is 0.269 e. The molecule has 2 aromatic rings. The fourth-order valence-corrected chi connectivity index (χ4v) is 4.53. The highest BCUT2D eigenvalue weighted by atomic mass is 79.9. The van der Waals surface area contributed by atoms with Crippen molar-refractivity contribution in [2.45, 2.75) is 19.3 Å². The number of hydrogen-bond donors (Lipinski definition) is 0. The lowest BCUT2D eigenvalue weighted by molar-refractivity contribution is -0.384. The summed E-state index contributed by atoms with van der Waals surface area (Å²) in [4.78, 5) is 33.8. The molecule has 4 rings (SSSR count). The van der Waals surface area contributed by atoms with Crippen LogP contribution in [-0.2, 0) is 4.79 Å². The molecule has 1 aromatic carbocycles. The SMILES string of the molecule is O=C1CN(c2ccc(Br)cn2)CCN1CCC1CCN(c2ccc([N+](=O)[O-])cc2)CC1. The highest BCUT2D eigenvalue weighted by molar-refractivity contribution is 9.10. The van der Waals surface area contributed by atoms with Gasteiger partial charge in [-0.2, -0.15) is 0 Å². The number of nitrogens with zero attached hydrogens (tertiary/aromatic N) is 5. The van der Waals surface area contributed by atoms with E-state index in [4.69, 9.17) is 0 Å². The number of anilines is 2. The maximum absolute atomic E-state index is 12.6. The predicted octanol–water partition coefficient (Wildman–Crippen LogP) is 3.71. The fourth-order valence-electron chi connectivity index (χ4n) is 4.30. The van der Waals surface area contributed by atoms with Gasteiger partial charge >= 0.3 is 0 Å². The van der Waals surface area contributed by atoms with E-state index in [1.165, 1.54) is 0 Å². The number of pyridine rings is 1. The van der Waals surface area contributed by atoms with Gasteiger partial charge < -0.3 is 14.7 Å². The Morgan fingerprint density at radius 2 is 1.77 bits per heavy atom. The lowest BCUT2D eigenvalue weighted by Gasteiger charge is -2.37. The van der Waals surface area contributed by atoms with Gasteiger partial charge in [-0.05, 0) is 65.4 Å². The summed E-state index contributed by atoms with van der Waals surface area (Å²) in [6.07, 6.45) is 4.94. The second-order valence-corrected chi connectivity index (χ2v) is 9.05. The van der Waals surface area contributed by atoms with E-state index in [0.29, 0.717) is 12.5 Å². The molecule has 8 nitrogen and oxygen atoms in total. The third kappa shape index (κ3) is 5.33. The van der Waals surface area contributed by atoms with Gasteiger partial charge in [0.05, 0.1) is 11.5 Å². The third-order valence-electron chi connectivity index (χ3n) is 6.20. The number of piperazine rings is 1. The molecule has 0 unspecified atom stereocenters. The van der Waals surface area contributed by atoms with Crippen molar-refractivity contribution in [3.63, 3.8) is 0 Å². The first kappa shape index (κ1) is 21.5. The molecule has 0 atom stereocenters. The summed E-state index contributed by atoms with van der Waals surface area (Å²) >= 11 is 3.39. The molecule has 0 spiro atoms. The zero-order valence-corrected chi connectivity index (χ0v) is 18.9. The van der Waals surface area contributed by atoms with Crippen LogP contribution in [0.25, 0.3) is 0 Å². The molecular formula is C22H26BrN5O3. The highest BCUT2D eigenvalue weighted by Crippen LogP contribution is 2.27. The lowest BCUT2D eigenvalue weighted by atomic mass is 9.93. The maximum Gasteiger partial charge on any atom is 0.269 e. The first-order valence-corrected chi connectivity index (χ1v) is 11.4. The van der Waals surface area contributed by atoms with Crippen LogP contribution in [-0.4, -0.2) is 60.0 Å². The number of non-ortho nitro benzene ring substituents is 1. The third-order valence-corrected chi connectivity index (χ3v) is 6.67. The topological polar surface area (TPSA) is 82.8 Å². The Kier molecular flexibility index (Phi) is 6.70. The Hall–Kier alpha value is -2.68. The molecule has 0 bridgehead atoms. The quantitative estimate of drug-likeness (QED) is 0.456. The van der Waals surface area contributed by atoms with Gasteiger partial charge in [-0.3, -0.25) is 14.9 Å². The molecule has 0 saturated carbocycles. The van der Waals surface area contributed by atoms with E-state index in [9.17, 15) is 14.9 Å². The second kappa shape index (κ2) is 9.64. The minimum atomic E-state index is -0.369. The van der Waals surface area contributed by atoms with Gasteiger partial charge in [0, 0.05) is 61.2 Å². The Bertz CT molecular complexity index is 914. The zero-order chi connectivity index (χ0) is 21.8. The number of piperidine rings is 1. The molecule has 2 aliphatic rings. The van der Waals surface area contributed by atoms with Crippen molar-refractivity contribution in [1.29, 1.82) is 0 Å². The number of nitro benzene ring substituents is 1. The summed E-state index contributed by atoms with van der Waals surface area (Å²) in [5.74, 6) is 1.61. The second-order valence-electron chi connectivity index (χ2n) is 8.13. The van der Waals surface area contributed by atoms with Gasteiger partial charge in [0.2, 0.25) is 5.91 Å². The van der Waals surface area contributed by atoms with Gasteiger partial charge in [-0.1, -0.05) is 0 Å². The molecule has 1 aromatic heterocycles. The van der Waals surface area contributed by atoms with Crippen molar-refractivity contribution in [2.24, 2.45) is 5.92 Å². The van der Waals surface area contributed by atoms with Gasteiger partial charge in [-0.25, -0.2) is 4.98 Å². The minimum Gasteiger partial charge on any atom is -0.372 e. The molecule has 0 radical (unpaired) electrons. The molecule has 2 fully saturated rings. The summed E-state index contributed by atoms with van der Waals surface area (Å²) in [6, 6.07) is 10.7. The van der Waals surface area contributed by atoms with Crippen molar-refractivity contribution in [3.8, 4) is 0 Å². The van der Waals surface area contributed by atoms with Crippen LogP contribution >= 0.6 is 15.9 Å². The van der Waals surface area contributed by atoms with Gasteiger partial charge in [0.25, 0.3) is 5.69 Å². The van der Waals surface area contributed by atoms with E-state index in [1.54, 1.807) is 18.3 Å². The predicted molar refractivity (Wildman–Crippen MR) is 123 cm³/mol. The van der Waals surface area contributed by atoms with Crippen molar-refractivity contribution in [2.75, 3.05) is 49.1 Å². The average molecular weight is 488 g/mol. The Morgan fingerprint density at radius 1 is 1.03 bits per heavy atom. The van der Waals surface area contributed by atoms with Gasteiger partial charge in [0.1, 0.15) is 5.82 Å². The number of aromatic nitrogens is 1. The number of amides is 1. The number of carbonyl (C=O) groups excluding carboxylic acids is 1. The zero-order valence-electron chi connectivity index (χ0n) is 17.3. The molecule has 2 aliphatic heterocycles. The molecule has 3 heterocycles. The van der Waals surface area contributed by atoms with Crippen LogP contribution in [0.3, 0.4) is 0 Å². The van der Waals surface area contributed by atoms with Crippen LogP contribution in [0, 0.1) is 16.0 Å². The fraction of sp³-hybridized carbons (Fsp3) is 0.455. The number of hydrogen-bond acceptors (Lipinski definition) is 6. The van der Waals surface area contributed by atoms with E-state index in [1.807, 2.05) is 34.1 Å². The van der Waals surface area contributed by atoms with Crippen molar-refractivity contribution in [3.05, 3.63) is 57.2 Å². The number of nitro groups is 1. The minimum absolute atomic E-state index is 0.124. The lowest BCUT2D eigenvalue weighted by Crippen LogP contribution is -2.51. The van der Waals surface area contributed by atoms with E-state index in [-0.39, 0.29) is 16.5 Å². The summed E-state index contributed by atoms with van der Waals surface area (Å²) in [6.45, 7) is 4.62. The van der Waals surface area contributed by atoms with E-state index in [0.717, 1.165) is 68.0 Å². The number of rotatable bonds is 6. The maximum atomic E-state index is 12.6. The molecule has 9 heteroatoms. The molecular weight excluding hydrogens is 462 g/mol. The van der Waals surface area contributed by atoms with Crippen molar-refractivity contribution in [1.82, 2.24) is 9.88 Å². The molecule has 0 N–H and O–H groups in total. The largest absolute Gasteiger partial charge is 0.372 e. The average Bonchev–Trinajstić information content (AvgIpc) is 2.79. The summed E-state index contributed by atoms with van der Waals surface area (Å²) in [5.41, 5.74) is 1.16. The van der Waals surface area contributed by atoms with Gasteiger partial charge in [-0.15, -0.1) is 0 Å². The number of benzene rings is 1. The summed E-state index contributed by atoms with van der Waals surface area (Å²) in [5, 5.41) is 10.8. The standard InChI is InChI=1S/C22H26BrN5O3/c23-18-1-6-21(24-15-18)27-14-13-26(22(29)16-27)12-9-17-7-10-25(11-8-17)19-2-4-20(5-3-19)28(30)31/h1-6,15,17H,7-14,16H2.